The number of fused-ring (bicyclic) bond motifs is 1. The maximum absolute atomic E-state index is 11.8. The van der Waals surface area contributed by atoms with Crippen LogP contribution in [0.5, 0.6) is 17.2 Å². The smallest absolute Gasteiger partial charge is 0.269 e. The van der Waals surface area contributed by atoms with Gasteiger partial charge in [0.05, 0.1) is 12.1 Å². The van der Waals surface area contributed by atoms with Gasteiger partial charge < -0.3 is 20.1 Å². The fraction of sp³-hybridized carbons (Fsp3) is 0.200. The Labute approximate surface area is 192 Å². The molecule has 8 nitrogen and oxygen atoms in total. The molecule has 2 aromatic heterocycles. The van der Waals surface area contributed by atoms with E-state index in [4.69, 9.17) is 9.47 Å². The van der Waals surface area contributed by atoms with Gasteiger partial charge in [0.1, 0.15) is 22.9 Å². The SMILES string of the molecule is CCCCOc1ccc(Nc2ncc3cc(Oc4ccnc(C(=O)NC)c4)ccc3n2)cc1. The molecule has 0 atom stereocenters. The number of nitrogens with zero attached hydrogens (tertiary/aromatic N) is 3. The second-order valence-corrected chi connectivity index (χ2v) is 7.32. The summed E-state index contributed by atoms with van der Waals surface area (Å²) in [5.74, 6) is 2.20. The van der Waals surface area contributed by atoms with Gasteiger partial charge in [-0.05, 0) is 55.0 Å². The number of ether oxygens (including phenoxy) is 2. The van der Waals surface area contributed by atoms with Gasteiger partial charge >= 0.3 is 0 Å². The van der Waals surface area contributed by atoms with Crippen LogP contribution in [0.25, 0.3) is 10.9 Å². The number of rotatable bonds is 9. The Morgan fingerprint density at radius 2 is 1.76 bits per heavy atom. The first kappa shape index (κ1) is 22.0. The lowest BCUT2D eigenvalue weighted by molar-refractivity contribution is 0.0958. The molecule has 0 unspecified atom stereocenters. The average Bonchev–Trinajstić information content (AvgIpc) is 2.85. The van der Waals surface area contributed by atoms with Crippen LogP contribution in [0.3, 0.4) is 0 Å². The summed E-state index contributed by atoms with van der Waals surface area (Å²) < 4.78 is 11.6. The van der Waals surface area contributed by atoms with Gasteiger partial charge in [0.2, 0.25) is 5.95 Å². The minimum atomic E-state index is -0.272. The molecule has 4 aromatic rings. The highest BCUT2D eigenvalue weighted by molar-refractivity contribution is 5.92. The van der Waals surface area contributed by atoms with Crippen LogP contribution in [0.15, 0.2) is 67.0 Å². The third kappa shape index (κ3) is 5.74. The zero-order chi connectivity index (χ0) is 23.0. The fourth-order valence-corrected chi connectivity index (χ4v) is 3.10. The van der Waals surface area contributed by atoms with E-state index >= 15 is 0 Å². The fourth-order valence-electron chi connectivity index (χ4n) is 3.10. The van der Waals surface area contributed by atoms with Crippen LogP contribution >= 0.6 is 0 Å². The lowest BCUT2D eigenvalue weighted by Crippen LogP contribution is -2.18. The molecule has 0 fully saturated rings. The third-order valence-electron chi connectivity index (χ3n) is 4.86. The molecular weight excluding hydrogens is 418 g/mol. The number of aromatic nitrogens is 3. The maximum atomic E-state index is 11.8. The Kier molecular flexibility index (Phi) is 6.94. The Hall–Kier alpha value is -4.20. The molecular formula is C25H25N5O3. The van der Waals surface area contributed by atoms with E-state index in [-0.39, 0.29) is 11.6 Å². The number of unbranched alkanes of at least 4 members (excludes halogenated alkanes) is 1. The minimum Gasteiger partial charge on any atom is -0.494 e. The number of carbonyl (C=O) groups excluding carboxylic acids is 1. The van der Waals surface area contributed by atoms with Crippen molar-refractivity contribution in [3.63, 3.8) is 0 Å². The Morgan fingerprint density at radius 3 is 2.55 bits per heavy atom. The molecule has 33 heavy (non-hydrogen) atoms. The van der Waals surface area contributed by atoms with E-state index < -0.39 is 0 Å². The largest absolute Gasteiger partial charge is 0.494 e. The molecule has 0 aliphatic rings. The Bertz CT molecular complexity index is 1240. The number of carbonyl (C=O) groups is 1. The molecule has 0 bridgehead atoms. The van der Waals surface area contributed by atoms with Gasteiger partial charge in [0.15, 0.2) is 0 Å². The molecule has 0 saturated carbocycles. The number of nitrogens with one attached hydrogen (secondary N) is 2. The van der Waals surface area contributed by atoms with Crippen LogP contribution in [0.1, 0.15) is 30.3 Å². The lowest BCUT2D eigenvalue weighted by atomic mass is 10.2. The average molecular weight is 444 g/mol. The highest BCUT2D eigenvalue weighted by Crippen LogP contribution is 2.26. The van der Waals surface area contributed by atoms with Crippen molar-refractivity contribution < 1.29 is 14.3 Å². The van der Waals surface area contributed by atoms with Gasteiger partial charge in [-0.25, -0.2) is 9.97 Å². The quantitative estimate of drug-likeness (QED) is 0.347. The van der Waals surface area contributed by atoms with E-state index in [0.717, 1.165) is 41.8 Å². The lowest BCUT2D eigenvalue weighted by Gasteiger charge is -2.09. The van der Waals surface area contributed by atoms with Crippen molar-refractivity contribution in [2.24, 2.45) is 0 Å². The van der Waals surface area contributed by atoms with Crippen LogP contribution in [-0.4, -0.2) is 34.5 Å². The number of benzene rings is 2. The maximum Gasteiger partial charge on any atom is 0.269 e. The van der Waals surface area contributed by atoms with Crippen LogP contribution in [0.4, 0.5) is 11.6 Å². The zero-order valence-corrected chi connectivity index (χ0v) is 18.5. The first-order chi connectivity index (χ1) is 16.1. The first-order valence-electron chi connectivity index (χ1n) is 10.8. The van der Waals surface area contributed by atoms with Crippen LogP contribution < -0.4 is 20.1 Å². The van der Waals surface area contributed by atoms with Crippen LogP contribution in [0.2, 0.25) is 0 Å². The van der Waals surface area contributed by atoms with Crippen LogP contribution in [0, 0.1) is 0 Å². The van der Waals surface area contributed by atoms with Crippen molar-refractivity contribution in [2.45, 2.75) is 19.8 Å². The van der Waals surface area contributed by atoms with E-state index in [0.29, 0.717) is 17.4 Å². The summed E-state index contributed by atoms with van der Waals surface area (Å²) in [5, 5.41) is 6.59. The molecule has 2 N–H and O–H groups in total. The molecule has 0 radical (unpaired) electrons. The Morgan fingerprint density at radius 1 is 0.970 bits per heavy atom. The summed E-state index contributed by atoms with van der Waals surface area (Å²) in [7, 11) is 1.56. The standard InChI is InChI=1S/C25H25N5O3/c1-3-4-13-32-19-7-5-18(6-8-19)29-25-28-16-17-14-20(9-10-22(17)30-25)33-21-11-12-27-23(15-21)24(31)26-2/h5-12,14-16H,3-4,13H2,1-2H3,(H,26,31)(H,28,29,30). The number of hydrogen-bond acceptors (Lipinski definition) is 7. The molecule has 8 heteroatoms. The van der Waals surface area contributed by atoms with Gasteiger partial charge in [0, 0.05) is 36.6 Å². The number of hydrogen-bond donors (Lipinski definition) is 2. The monoisotopic (exact) mass is 443 g/mol. The van der Waals surface area contributed by atoms with Crippen molar-refractivity contribution in [1.82, 2.24) is 20.3 Å². The normalized spacial score (nSPS) is 10.6. The topological polar surface area (TPSA) is 98.3 Å². The predicted molar refractivity (Wildman–Crippen MR) is 127 cm³/mol. The molecule has 4 rings (SSSR count). The molecule has 0 aliphatic carbocycles. The number of amides is 1. The van der Waals surface area contributed by atoms with E-state index in [9.17, 15) is 4.79 Å². The van der Waals surface area contributed by atoms with Gasteiger partial charge in [0.25, 0.3) is 5.91 Å². The molecule has 2 aromatic carbocycles. The summed E-state index contributed by atoms with van der Waals surface area (Å²) in [6.45, 7) is 2.86. The molecule has 0 aliphatic heterocycles. The highest BCUT2D eigenvalue weighted by Gasteiger charge is 2.08. The predicted octanol–water partition coefficient (Wildman–Crippen LogP) is 5.10. The van der Waals surface area contributed by atoms with Gasteiger partial charge in [-0.3, -0.25) is 9.78 Å². The van der Waals surface area contributed by atoms with Gasteiger partial charge in [-0.15, -0.1) is 0 Å². The van der Waals surface area contributed by atoms with E-state index in [1.165, 1.54) is 6.20 Å². The summed E-state index contributed by atoms with van der Waals surface area (Å²) >= 11 is 0. The summed E-state index contributed by atoms with van der Waals surface area (Å²) in [6, 6.07) is 16.6. The zero-order valence-electron chi connectivity index (χ0n) is 18.5. The van der Waals surface area contributed by atoms with Gasteiger partial charge in [-0.2, -0.15) is 0 Å². The van der Waals surface area contributed by atoms with E-state index in [1.54, 1.807) is 25.4 Å². The second-order valence-electron chi connectivity index (χ2n) is 7.32. The molecule has 2 heterocycles. The molecule has 168 valence electrons. The second kappa shape index (κ2) is 10.4. The number of anilines is 2. The summed E-state index contributed by atoms with van der Waals surface area (Å²) in [5.41, 5.74) is 1.94. The van der Waals surface area contributed by atoms with E-state index in [1.807, 2.05) is 42.5 Å². The highest BCUT2D eigenvalue weighted by atomic mass is 16.5. The molecule has 0 saturated heterocycles. The van der Waals surface area contributed by atoms with Crippen molar-refractivity contribution in [3.05, 3.63) is 72.7 Å². The minimum absolute atomic E-state index is 0.272. The molecule has 1 amide bonds. The first-order valence-corrected chi connectivity index (χ1v) is 10.8. The van der Waals surface area contributed by atoms with Crippen LogP contribution in [-0.2, 0) is 0 Å². The summed E-state index contributed by atoms with van der Waals surface area (Å²) in [4.78, 5) is 24.8. The van der Waals surface area contributed by atoms with Crippen molar-refractivity contribution in [2.75, 3.05) is 19.0 Å². The van der Waals surface area contributed by atoms with E-state index in [2.05, 4.69) is 32.5 Å². The van der Waals surface area contributed by atoms with Crippen molar-refractivity contribution in [3.8, 4) is 17.2 Å². The number of pyridine rings is 1. The Balaban J connectivity index is 1.44. The molecule has 0 spiro atoms. The summed E-state index contributed by atoms with van der Waals surface area (Å²) in [6.07, 6.45) is 5.42. The van der Waals surface area contributed by atoms with Crippen molar-refractivity contribution in [1.29, 1.82) is 0 Å². The van der Waals surface area contributed by atoms with Gasteiger partial charge in [-0.1, -0.05) is 13.3 Å². The van der Waals surface area contributed by atoms with Crippen molar-refractivity contribution >= 4 is 28.4 Å². The third-order valence-corrected chi connectivity index (χ3v) is 4.86.